The number of hydrogen-bond donors (Lipinski definition) is 2. The van der Waals surface area contributed by atoms with Crippen LogP contribution in [0.3, 0.4) is 0 Å². The molecule has 256 valence electrons. The Morgan fingerprint density at radius 3 is 1.25 bits per heavy atom. The molecule has 7 rings (SSSR count). The Hall–Kier alpha value is -5.71. The lowest BCUT2D eigenvalue weighted by atomic mass is 9.62. The first-order valence-corrected chi connectivity index (χ1v) is 16.6. The zero-order valence-electron chi connectivity index (χ0n) is 28.1. The number of benzene rings is 6. The van der Waals surface area contributed by atoms with Gasteiger partial charge >= 0.3 is 6.03 Å². The molecule has 9 nitrogen and oxygen atoms in total. The normalized spacial score (nSPS) is 17.1. The summed E-state index contributed by atoms with van der Waals surface area (Å²) in [5.74, 6) is -1.68. The molecule has 1 aliphatic heterocycles. The first kappa shape index (κ1) is 33.8. The van der Waals surface area contributed by atoms with Gasteiger partial charge in [-0.15, -0.1) is 0 Å². The van der Waals surface area contributed by atoms with E-state index in [0.29, 0.717) is 33.0 Å². The minimum Gasteiger partial charge on any atom is -0.273 e. The first-order chi connectivity index (χ1) is 24.7. The second-order valence-electron chi connectivity index (χ2n) is 13.1. The number of fused-ring (bicyclic) bond motifs is 2. The number of carbonyl (C=O) groups is 3. The van der Waals surface area contributed by atoms with Crippen molar-refractivity contribution in [2.75, 3.05) is 14.1 Å². The molecule has 4 amide bonds. The number of carbonyl (C=O) groups excluding carboxylic acids is 3. The molecule has 0 saturated carbocycles. The van der Waals surface area contributed by atoms with Crippen LogP contribution in [0.4, 0.5) is 4.79 Å². The maximum absolute atomic E-state index is 15.0. The van der Waals surface area contributed by atoms with Crippen molar-refractivity contribution in [1.82, 2.24) is 9.80 Å². The van der Waals surface area contributed by atoms with E-state index in [1.54, 1.807) is 60.7 Å². The maximum atomic E-state index is 15.0. The highest BCUT2D eigenvalue weighted by Gasteiger charge is 2.64. The molecule has 9 heteroatoms. The van der Waals surface area contributed by atoms with Crippen molar-refractivity contribution in [2.45, 2.75) is 24.0 Å². The van der Waals surface area contributed by atoms with Crippen LogP contribution in [0.2, 0.25) is 0 Å². The van der Waals surface area contributed by atoms with E-state index in [1.165, 1.54) is 14.1 Å². The first-order valence-electron chi connectivity index (χ1n) is 16.6. The van der Waals surface area contributed by atoms with Crippen molar-refractivity contribution in [3.63, 3.8) is 0 Å². The van der Waals surface area contributed by atoms with Crippen LogP contribution in [-0.4, -0.2) is 52.3 Å². The van der Waals surface area contributed by atoms with Gasteiger partial charge in [0.05, 0.1) is 0 Å². The Kier molecular flexibility index (Phi) is 8.74. The molecule has 0 aromatic heterocycles. The Morgan fingerprint density at radius 2 is 0.863 bits per heavy atom. The van der Waals surface area contributed by atoms with Gasteiger partial charge in [-0.25, -0.2) is 14.6 Å². The van der Waals surface area contributed by atoms with Gasteiger partial charge in [0.1, 0.15) is 5.41 Å². The van der Waals surface area contributed by atoms with Crippen molar-refractivity contribution in [3.05, 3.63) is 168 Å². The molecule has 1 aliphatic rings. The van der Waals surface area contributed by atoms with Crippen molar-refractivity contribution >= 4 is 39.4 Å². The molecule has 0 bridgehead atoms. The molecule has 2 unspecified atom stereocenters. The Morgan fingerprint density at radius 1 is 0.510 bits per heavy atom. The van der Waals surface area contributed by atoms with E-state index in [9.17, 15) is 15.3 Å². The summed E-state index contributed by atoms with van der Waals surface area (Å²) < 4.78 is 0. The van der Waals surface area contributed by atoms with Gasteiger partial charge in [0, 0.05) is 26.9 Å². The summed E-state index contributed by atoms with van der Waals surface area (Å²) in [5, 5.41) is 25.6. The van der Waals surface area contributed by atoms with Gasteiger partial charge in [-0.3, -0.25) is 29.9 Å². The van der Waals surface area contributed by atoms with Crippen molar-refractivity contribution in [1.29, 1.82) is 0 Å². The van der Waals surface area contributed by atoms with Gasteiger partial charge in [0.2, 0.25) is 11.8 Å². The van der Waals surface area contributed by atoms with Gasteiger partial charge in [-0.05, 0) is 43.8 Å². The quantitative estimate of drug-likeness (QED) is 0.0856. The van der Waals surface area contributed by atoms with E-state index in [4.69, 9.17) is 9.78 Å². The summed E-state index contributed by atoms with van der Waals surface area (Å²) in [6.45, 7) is 0. The molecule has 51 heavy (non-hydrogen) atoms. The minimum atomic E-state index is -2.19. The van der Waals surface area contributed by atoms with Crippen LogP contribution in [0.25, 0.3) is 21.5 Å². The molecule has 1 saturated heterocycles. The standard InChI is InChI=1S/C42H36N2O7/c1-43-37(45)40(38(46)44(2)39(43)47,27-41(50-48,31-19-5-3-6-20-31)35-25-13-17-29-15-9-11-23-33(29)35)28-42(51-49,32-21-7-4-8-22-32)36-26-14-18-30-16-10-12-24-34(30)36/h3-26,48-49H,27-28H2,1-2H3. The van der Waals surface area contributed by atoms with Crippen molar-refractivity contribution < 1.29 is 34.7 Å². The van der Waals surface area contributed by atoms with Crippen LogP contribution in [-0.2, 0) is 30.6 Å². The van der Waals surface area contributed by atoms with Crippen molar-refractivity contribution in [3.8, 4) is 0 Å². The van der Waals surface area contributed by atoms with Crippen LogP contribution < -0.4 is 0 Å². The topological polar surface area (TPSA) is 117 Å². The molecular weight excluding hydrogens is 644 g/mol. The van der Waals surface area contributed by atoms with Gasteiger partial charge in [-0.2, -0.15) is 0 Å². The fraction of sp³-hybridized carbons (Fsp3) is 0.167. The van der Waals surface area contributed by atoms with E-state index < -0.39 is 47.3 Å². The highest BCUT2D eigenvalue weighted by molar-refractivity contribution is 6.19. The third kappa shape index (κ3) is 5.30. The number of nitrogens with zero attached hydrogens (tertiary/aromatic N) is 2. The zero-order chi connectivity index (χ0) is 35.8. The van der Waals surface area contributed by atoms with Crippen LogP contribution in [0.15, 0.2) is 146 Å². The lowest BCUT2D eigenvalue weighted by molar-refractivity contribution is -0.332. The Labute approximate surface area is 294 Å². The number of hydrogen-bond acceptors (Lipinski definition) is 7. The van der Waals surface area contributed by atoms with Gasteiger partial charge in [-0.1, -0.05) is 146 Å². The van der Waals surface area contributed by atoms with Gasteiger partial charge < -0.3 is 0 Å². The third-order valence-electron chi connectivity index (χ3n) is 10.3. The van der Waals surface area contributed by atoms with Crippen LogP contribution >= 0.6 is 0 Å². The largest absolute Gasteiger partial charge is 0.332 e. The molecule has 2 N–H and O–H groups in total. The highest BCUT2D eigenvalue weighted by atomic mass is 17.1. The molecule has 1 heterocycles. The van der Waals surface area contributed by atoms with Crippen LogP contribution in [0.1, 0.15) is 35.1 Å². The maximum Gasteiger partial charge on any atom is 0.332 e. The molecule has 1 fully saturated rings. The fourth-order valence-corrected chi connectivity index (χ4v) is 7.89. The molecule has 0 radical (unpaired) electrons. The molecule has 6 aromatic carbocycles. The third-order valence-corrected chi connectivity index (χ3v) is 10.3. The average Bonchev–Trinajstić information content (AvgIpc) is 3.20. The molecule has 0 spiro atoms. The lowest BCUT2D eigenvalue weighted by Gasteiger charge is -2.49. The van der Waals surface area contributed by atoms with Crippen LogP contribution in [0, 0.1) is 5.41 Å². The van der Waals surface area contributed by atoms with Crippen molar-refractivity contribution in [2.24, 2.45) is 5.41 Å². The number of amides is 4. The van der Waals surface area contributed by atoms with Gasteiger partial charge in [0.25, 0.3) is 0 Å². The predicted molar refractivity (Wildman–Crippen MR) is 192 cm³/mol. The van der Waals surface area contributed by atoms with E-state index in [0.717, 1.165) is 20.6 Å². The zero-order valence-corrected chi connectivity index (χ0v) is 28.1. The summed E-state index contributed by atoms with van der Waals surface area (Å²) in [7, 11) is 2.62. The number of imide groups is 2. The molecule has 0 aliphatic carbocycles. The monoisotopic (exact) mass is 680 g/mol. The summed E-state index contributed by atoms with van der Waals surface area (Å²) in [5.41, 5.74) is -4.03. The van der Waals surface area contributed by atoms with Gasteiger partial charge in [0.15, 0.2) is 11.2 Å². The smallest absolute Gasteiger partial charge is 0.273 e. The predicted octanol–water partition coefficient (Wildman–Crippen LogP) is 7.98. The summed E-state index contributed by atoms with van der Waals surface area (Å²) in [6.07, 6.45) is -0.978. The molecule has 6 aromatic rings. The van der Waals surface area contributed by atoms with E-state index in [2.05, 4.69) is 0 Å². The van der Waals surface area contributed by atoms with E-state index in [1.807, 2.05) is 84.9 Å². The number of barbiturate groups is 1. The summed E-state index contributed by atoms with van der Waals surface area (Å²) in [6, 6.07) is 43.0. The Bertz CT molecular complexity index is 2090. The van der Waals surface area contributed by atoms with Crippen LogP contribution in [0.5, 0.6) is 0 Å². The SMILES string of the molecule is CN1C(=O)N(C)C(=O)C(CC(OO)(c2ccccc2)c2cccc3ccccc23)(CC(OO)(c2ccccc2)c2cccc3ccccc23)C1=O. The fourth-order valence-electron chi connectivity index (χ4n) is 7.89. The highest BCUT2D eigenvalue weighted by Crippen LogP contribution is 2.54. The number of rotatable bonds is 10. The summed E-state index contributed by atoms with van der Waals surface area (Å²) >= 11 is 0. The lowest BCUT2D eigenvalue weighted by Crippen LogP contribution is -2.66. The van der Waals surface area contributed by atoms with E-state index >= 15 is 9.59 Å². The number of urea groups is 1. The van der Waals surface area contributed by atoms with E-state index in [-0.39, 0.29) is 0 Å². The average molecular weight is 681 g/mol. The molecule has 2 atom stereocenters. The Balaban J connectivity index is 1.57. The minimum absolute atomic E-state index is 0.450. The molecular formula is C42H36N2O7. The second-order valence-corrected chi connectivity index (χ2v) is 13.1. The second kappa shape index (κ2) is 13.2. The summed E-state index contributed by atoms with van der Waals surface area (Å²) in [4.78, 5) is 56.5.